The van der Waals surface area contributed by atoms with Gasteiger partial charge in [-0.15, -0.1) is 0 Å². The van der Waals surface area contributed by atoms with E-state index in [9.17, 15) is 0 Å². The first-order chi connectivity index (χ1) is 14.0. The van der Waals surface area contributed by atoms with Crippen LogP contribution in [0, 0.1) is 0 Å². The van der Waals surface area contributed by atoms with Gasteiger partial charge in [-0.2, -0.15) is 0 Å². The summed E-state index contributed by atoms with van der Waals surface area (Å²) in [6.07, 6.45) is 5.03. The third-order valence-electron chi connectivity index (χ3n) is 7.46. The van der Waals surface area contributed by atoms with Crippen molar-refractivity contribution in [3.8, 4) is 0 Å². The van der Waals surface area contributed by atoms with Gasteiger partial charge < -0.3 is 13.4 Å². The Hall–Kier alpha value is 0.314. The third-order valence-corrected chi connectivity index (χ3v) is 21.5. The Labute approximate surface area is 194 Å². The van der Waals surface area contributed by atoms with Gasteiger partial charge in [0.25, 0.3) is 0 Å². The zero-order chi connectivity index (χ0) is 23.7. The molecule has 0 aliphatic carbocycles. The quantitative estimate of drug-likeness (QED) is 0.220. The Morgan fingerprint density at radius 1 is 0.467 bits per heavy atom. The Kier molecular flexibility index (Phi) is 13.9. The molecule has 0 rings (SSSR count). The van der Waals surface area contributed by atoms with E-state index in [2.05, 4.69) is 103 Å². The van der Waals surface area contributed by atoms with Crippen LogP contribution in [0.25, 0.3) is 0 Å². The largest absolute Gasteiger partial charge is 0.323 e. The summed E-state index contributed by atoms with van der Waals surface area (Å²) in [5.74, 6) is 0. The predicted octanol–water partition coefficient (Wildman–Crippen LogP) is 7.69. The second kappa shape index (κ2) is 13.8. The van der Waals surface area contributed by atoms with Crippen molar-refractivity contribution in [2.75, 3.05) is 33.2 Å². The van der Waals surface area contributed by atoms with Crippen LogP contribution < -0.4 is 0 Å². The molecule has 0 aliphatic rings. The Morgan fingerprint density at radius 2 is 0.667 bits per heavy atom. The maximum Gasteiger partial charge on any atom is 0.206 e. The van der Waals surface area contributed by atoms with Crippen molar-refractivity contribution < 1.29 is 0 Å². The van der Waals surface area contributed by atoms with Crippen molar-refractivity contribution in [3.63, 3.8) is 0 Å². The summed E-state index contributed by atoms with van der Waals surface area (Å²) in [5.41, 5.74) is 2.87. The lowest BCUT2D eigenvalue weighted by molar-refractivity contribution is 0.320. The molecule has 0 aromatic carbocycles. The number of nitrogens with zero attached hydrogens (tertiary/aromatic N) is 3. The summed E-state index contributed by atoms with van der Waals surface area (Å²) in [4.78, 5) is 0. The Balaban J connectivity index is 7.05. The van der Waals surface area contributed by atoms with Gasteiger partial charge in [-0.05, 0) is 81.1 Å². The van der Waals surface area contributed by atoms with Crippen molar-refractivity contribution in [2.45, 2.75) is 131 Å². The number of rotatable bonds is 16. The van der Waals surface area contributed by atoms with Crippen LogP contribution in [0.3, 0.4) is 0 Å². The molecule has 5 heteroatoms. The molecule has 0 amide bonds. The van der Waals surface area contributed by atoms with Gasteiger partial charge in [0.1, 0.15) is 0 Å². The fraction of sp³-hybridized carbons (Fsp3) is 1.00. The van der Waals surface area contributed by atoms with Gasteiger partial charge in [0.15, 0.2) is 0 Å². The molecule has 0 aliphatic heterocycles. The third kappa shape index (κ3) is 5.81. The molecule has 0 spiro atoms. The van der Waals surface area contributed by atoms with E-state index in [1.54, 1.807) is 0 Å². The van der Waals surface area contributed by atoms with Gasteiger partial charge in [-0.25, -0.2) is 0 Å². The molecule has 0 aromatic rings. The SMILES string of the molecule is CCCN(CCC)[Si](C(C)C)(C(C)C)N(C)[Si](C(C)C)(C(C)C)N(CCC)CCC. The molecule has 0 radical (unpaired) electrons. The number of hydrogen-bond donors (Lipinski definition) is 0. The minimum absolute atomic E-state index is 0.718. The van der Waals surface area contributed by atoms with Crippen molar-refractivity contribution in [2.24, 2.45) is 0 Å². The predicted molar refractivity (Wildman–Crippen MR) is 144 cm³/mol. The molecule has 3 nitrogen and oxygen atoms in total. The minimum Gasteiger partial charge on any atom is -0.323 e. The molecule has 0 unspecified atom stereocenters. The van der Waals surface area contributed by atoms with Gasteiger partial charge in [0.05, 0.1) is 0 Å². The molecule has 0 saturated heterocycles. The highest BCUT2D eigenvalue weighted by atomic mass is 28.4. The van der Waals surface area contributed by atoms with Crippen LogP contribution in [0.5, 0.6) is 0 Å². The van der Waals surface area contributed by atoms with Crippen LogP contribution >= 0.6 is 0 Å². The molecular formula is C25H59N3Si2. The van der Waals surface area contributed by atoms with E-state index >= 15 is 0 Å². The molecule has 0 heterocycles. The van der Waals surface area contributed by atoms with Crippen LogP contribution in [0.1, 0.15) is 109 Å². The monoisotopic (exact) mass is 457 g/mol. The van der Waals surface area contributed by atoms with E-state index in [0.29, 0.717) is 0 Å². The maximum atomic E-state index is 3.15. The molecule has 0 saturated carbocycles. The zero-order valence-corrected chi connectivity index (χ0v) is 25.3. The summed E-state index contributed by atoms with van der Waals surface area (Å²) >= 11 is 0. The minimum atomic E-state index is -1.92. The Bertz CT molecular complexity index is 384. The summed E-state index contributed by atoms with van der Waals surface area (Å²) in [6.45, 7) is 34.9. The lowest BCUT2D eigenvalue weighted by Crippen LogP contribution is -2.81. The average molecular weight is 458 g/mol. The normalized spacial score (nSPS) is 14.0. The van der Waals surface area contributed by atoms with Crippen molar-refractivity contribution in [1.82, 2.24) is 13.4 Å². The van der Waals surface area contributed by atoms with Gasteiger partial charge >= 0.3 is 0 Å². The van der Waals surface area contributed by atoms with E-state index in [-0.39, 0.29) is 0 Å². The highest BCUT2D eigenvalue weighted by Crippen LogP contribution is 2.47. The fourth-order valence-corrected chi connectivity index (χ4v) is 25.2. The summed E-state index contributed by atoms with van der Waals surface area (Å²) in [6, 6.07) is 0. The smallest absolute Gasteiger partial charge is 0.206 e. The summed E-state index contributed by atoms with van der Waals surface area (Å²) in [5, 5.41) is 0. The van der Waals surface area contributed by atoms with E-state index in [4.69, 9.17) is 0 Å². The lowest BCUT2D eigenvalue weighted by Gasteiger charge is -2.63. The number of hydrogen-bond acceptors (Lipinski definition) is 3. The highest BCUT2D eigenvalue weighted by Gasteiger charge is 2.60. The lowest BCUT2D eigenvalue weighted by atomic mass is 10.4. The molecule has 0 N–H and O–H groups in total. The van der Waals surface area contributed by atoms with Gasteiger partial charge in [0, 0.05) is 0 Å². The van der Waals surface area contributed by atoms with Gasteiger partial charge in [-0.3, -0.25) is 0 Å². The van der Waals surface area contributed by atoms with E-state index < -0.39 is 16.8 Å². The maximum absolute atomic E-state index is 3.15. The van der Waals surface area contributed by atoms with Crippen LogP contribution in [0.15, 0.2) is 0 Å². The highest BCUT2D eigenvalue weighted by molar-refractivity contribution is 6.92. The van der Waals surface area contributed by atoms with E-state index in [1.165, 1.54) is 51.9 Å². The average Bonchev–Trinajstić information content (AvgIpc) is 2.62. The second-order valence-corrected chi connectivity index (χ2v) is 21.5. The summed E-state index contributed by atoms with van der Waals surface area (Å²) < 4.78 is 9.19. The van der Waals surface area contributed by atoms with Gasteiger partial charge in [-0.1, -0.05) is 83.1 Å². The van der Waals surface area contributed by atoms with Crippen LogP contribution in [0.2, 0.25) is 22.2 Å². The van der Waals surface area contributed by atoms with Crippen molar-refractivity contribution >= 4 is 16.8 Å². The molecular weight excluding hydrogens is 398 g/mol. The first-order valence-electron chi connectivity index (χ1n) is 13.2. The first kappa shape index (κ1) is 30.3. The van der Waals surface area contributed by atoms with Crippen molar-refractivity contribution in [1.29, 1.82) is 0 Å². The van der Waals surface area contributed by atoms with Crippen molar-refractivity contribution in [3.05, 3.63) is 0 Å². The standard InChI is InChI=1S/C25H59N3Si2/c1-14-18-27(19-15-2)29(22(5)6,23(7)8)26(13)30(24(9)10,25(11)12)28(20-16-3)21-17-4/h22-25H,14-21H2,1-13H3. The van der Waals surface area contributed by atoms with Crippen LogP contribution in [-0.2, 0) is 0 Å². The molecule has 30 heavy (non-hydrogen) atoms. The van der Waals surface area contributed by atoms with Crippen LogP contribution in [0.4, 0.5) is 0 Å². The first-order valence-corrected chi connectivity index (χ1v) is 17.3. The molecule has 182 valence electrons. The van der Waals surface area contributed by atoms with E-state index in [0.717, 1.165) is 22.2 Å². The van der Waals surface area contributed by atoms with Crippen LogP contribution in [-0.4, -0.2) is 63.4 Å². The van der Waals surface area contributed by atoms with Gasteiger partial charge in [0.2, 0.25) is 16.8 Å². The molecule has 0 atom stereocenters. The molecule has 0 bridgehead atoms. The fourth-order valence-electron chi connectivity index (χ4n) is 7.07. The Morgan fingerprint density at radius 3 is 0.800 bits per heavy atom. The molecule has 0 aromatic heterocycles. The molecule has 0 fully saturated rings. The summed E-state index contributed by atoms with van der Waals surface area (Å²) in [7, 11) is -1.25. The van der Waals surface area contributed by atoms with E-state index in [1.807, 2.05) is 0 Å². The topological polar surface area (TPSA) is 9.72 Å². The second-order valence-electron chi connectivity index (χ2n) is 10.7. The zero-order valence-electron chi connectivity index (χ0n) is 23.3.